The third-order valence-corrected chi connectivity index (χ3v) is 3.85. The Bertz CT molecular complexity index is 589. The molecule has 20 heavy (non-hydrogen) atoms. The molecular weight excluding hydrogens is 272 g/mol. The van der Waals surface area contributed by atoms with Crippen LogP contribution in [0, 0.1) is 0 Å². The van der Waals surface area contributed by atoms with Crippen LogP contribution in [0.3, 0.4) is 0 Å². The second kappa shape index (κ2) is 5.75. The zero-order chi connectivity index (χ0) is 14.8. The van der Waals surface area contributed by atoms with E-state index in [0.29, 0.717) is 0 Å². The van der Waals surface area contributed by atoms with E-state index < -0.39 is 0 Å². The smallest absolute Gasteiger partial charge is 0.210 e. The zero-order valence-electron chi connectivity index (χ0n) is 12.3. The molecule has 0 unspecified atom stereocenters. The molecule has 0 aliphatic rings. The molecule has 1 aromatic heterocycles. The second-order valence-electron chi connectivity index (χ2n) is 5.57. The number of nitrogen functional groups attached to an aromatic ring is 1. The molecule has 5 nitrogen and oxygen atoms in total. The third-order valence-electron chi connectivity index (χ3n) is 2.84. The molecule has 1 aromatic carbocycles. The minimum atomic E-state index is -0.115. The molecule has 6 heteroatoms. The maximum absolute atomic E-state index is 6.06. The number of aromatic nitrogens is 3. The van der Waals surface area contributed by atoms with Gasteiger partial charge in [-0.3, -0.25) is 0 Å². The minimum absolute atomic E-state index is 0.115. The van der Waals surface area contributed by atoms with E-state index in [1.54, 1.807) is 23.5 Å². The lowest BCUT2D eigenvalue weighted by molar-refractivity contribution is 0.414. The first kappa shape index (κ1) is 14.7. The molecule has 2 rings (SSSR count). The number of methoxy groups -OCH3 is 1. The van der Waals surface area contributed by atoms with Crippen LogP contribution in [0.25, 0.3) is 0 Å². The minimum Gasteiger partial charge on any atom is -0.497 e. The quantitative estimate of drug-likeness (QED) is 0.693. The standard InChI is InChI=1S/C14H20N4OS/c1-14(2,3)12-16-17-13(18(12)15)20-9-10-6-5-7-11(8-10)19-4/h5-8H,9,15H2,1-4H3. The molecule has 1 heterocycles. The fraction of sp³-hybridized carbons (Fsp3) is 0.429. The molecule has 0 aliphatic carbocycles. The number of nitrogens with zero attached hydrogens (tertiary/aromatic N) is 3. The normalized spacial score (nSPS) is 11.6. The molecule has 108 valence electrons. The summed E-state index contributed by atoms with van der Waals surface area (Å²) >= 11 is 1.57. The Labute approximate surface area is 123 Å². The van der Waals surface area contributed by atoms with Gasteiger partial charge in [-0.25, -0.2) is 4.68 Å². The summed E-state index contributed by atoms with van der Waals surface area (Å²) in [6.07, 6.45) is 0. The number of hydrogen-bond acceptors (Lipinski definition) is 5. The van der Waals surface area contributed by atoms with E-state index in [4.69, 9.17) is 10.6 Å². The number of benzene rings is 1. The van der Waals surface area contributed by atoms with Crippen LogP contribution in [0.1, 0.15) is 32.2 Å². The highest BCUT2D eigenvalue weighted by molar-refractivity contribution is 7.98. The predicted molar refractivity (Wildman–Crippen MR) is 81.4 cm³/mol. The van der Waals surface area contributed by atoms with Crippen molar-refractivity contribution >= 4 is 11.8 Å². The topological polar surface area (TPSA) is 66.0 Å². The van der Waals surface area contributed by atoms with Gasteiger partial charge in [-0.2, -0.15) is 0 Å². The Balaban J connectivity index is 2.09. The highest BCUT2D eigenvalue weighted by Crippen LogP contribution is 2.26. The number of rotatable bonds is 4. The molecule has 0 aliphatic heterocycles. The Morgan fingerprint density at radius 2 is 2.05 bits per heavy atom. The number of nitrogens with two attached hydrogens (primary N) is 1. The SMILES string of the molecule is COc1cccc(CSc2nnc(C(C)(C)C)n2N)c1. The second-order valence-corrected chi connectivity index (χ2v) is 6.51. The van der Waals surface area contributed by atoms with Crippen molar-refractivity contribution in [2.75, 3.05) is 13.0 Å². The van der Waals surface area contributed by atoms with Gasteiger partial charge in [0.05, 0.1) is 7.11 Å². The maximum Gasteiger partial charge on any atom is 0.210 e. The molecule has 0 radical (unpaired) electrons. The van der Waals surface area contributed by atoms with E-state index in [0.717, 1.165) is 28.0 Å². The largest absolute Gasteiger partial charge is 0.497 e. The van der Waals surface area contributed by atoms with E-state index >= 15 is 0 Å². The maximum atomic E-state index is 6.06. The van der Waals surface area contributed by atoms with E-state index in [2.05, 4.69) is 37.0 Å². The fourth-order valence-corrected chi connectivity index (χ4v) is 2.60. The van der Waals surface area contributed by atoms with Crippen LogP contribution >= 0.6 is 11.8 Å². The van der Waals surface area contributed by atoms with Gasteiger partial charge in [-0.05, 0) is 17.7 Å². The van der Waals surface area contributed by atoms with Crippen LogP contribution in [0.15, 0.2) is 29.4 Å². The summed E-state index contributed by atoms with van der Waals surface area (Å²) < 4.78 is 6.79. The summed E-state index contributed by atoms with van der Waals surface area (Å²) in [5, 5.41) is 9.06. The van der Waals surface area contributed by atoms with Gasteiger partial charge in [0.15, 0.2) is 5.82 Å². The Kier molecular flexibility index (Phi) is 4.23. The van der Waals surface area contributed by atoms with Gasteiger partial charge < -0.3 is 10.6 Å². The van der Waals surface area contributed by atoms with Gasteiger partial charge in [0.1, 0.15) is 5.75 Å². The summed E-state index contributed by atoms with van der Waals surface area (Å²) in [6.45, 7) is 6.20. The van der Waals surface area contributed by atoms with Crippen molar-refractivity contribution in [3.05, 3.63) is 35.7 Å². The van der Waals surface area contributed by atoms with E-state index in [-0.39, 0.29) is 5.41 Å². The predicted octanol–water partition coefficient (Wildman–Crippen LogP) is 2.59. The van der Waals surface area contributed by atoms with Crippen molar-refractivity contribution < 1.29 is 4.74 Å². The zero-order valence-corrected chi connectivity index (χ0v) is 13.1. The molecule has 0 saturated heterocycles. The van der Waals surface area contributed by atoms with E-state index in [1.165, 1.54) is 0 Å². The first-order valence-corrected chi connectivity index (χ1v) is 7.37. The summed E-state index contributed by atoms with van der Waals surface area (Å²) in [5.74, 6) is 8.47. The van der Waals surface area contributed by atoms with Crippen LogP contribution in [-0.2, 0) is 11.2 Å². The van der Waals surface area contributed by atoms with Crippen LogP contribution in [0.2, 0.25) is 0 Å². The Morgan fingerprint density at radius 3 is 2.65 bits per heavy atom. The van der Waals surface area contributed by atoms with E-state index in [1.807, 2.05) is 18.2 Å². The molecule has 0 atom stereocenters. The van der Waals surface area contributed by atoms with Crippen LogP contribution in [0.4, 0.5) is 0 Å². The first-order valence-electron chi connectivity index (χ1n) is 6.38. The van der Waals surface area contributed by atoms with Crippen LogP contribution in [-0.4, -0.2) is 22.0 Å². The van der Waals surface area contributed by atoms with Crippen LogP contribution in [0.5, 0.6) is 5.75 Å². The lowest BCUT2D eigenvalue weighted by atomic mass is 9.96. The third kappa shape index (κ3) is 3.25. The highest BCUT2D eigenvalue weighted by atomic mass is 32.2. The van der Waals surface area contributed by atoms with Crippen molar-refractivity contribution in [3.8, 4) is 5.75 Å². The van der Waals surface area contributed by atoms with Crippen molar-refractivity contribution in [1.29, 1.82) is 0 Å². The lowest BCUT2D eigenvalue weighted by Crippen LogP contribution is -2.24. The average Bonchev–Trinajstić information content (AvgIpc) is 2.78. The molecule has 0 bridgehead atoms. The fourth-order valence-electron chi connectivity index (χ4n) is 1.80. The van der Waals surface area contributed by atoms with Crippen LogP contribution < -0.4 is 10.6 Å². The van der Waals surface area contributed by atoms with Gasteiger partial charge in [0, 0.05) is 11.2 Å². The summed E-state index contributed by atoms with van der Waals surface area (Å²) in [6, 6.07) is 7.96. The van der Waals surface area contributed by atoms with Crippen molar-refractivity contribution in [1.82, 2.24) is 14.9 Å². The molecule has 0 saturated carbocycles. The van der Waals surface area contributed by atoms with Gasteiger partial charge in [0.25, 0.3) is 0 Å². The summed E-state index contributed by atoms with van der Waals surface area (Å²) in [7, 11) is 1.67. The molecule has 0 amide bonds. The van der Waals surface area contributed by atoms with Crippen molar-refractivity contribution in [2.24, 2.45) is 0 Å². The Morgan fingerprint density at radius 1 is 1.30 bits per heavy atom. The lowest BCUT2D eigenvalue weighted by Gasteiger charge is -2.16. The summed E-state index contributed by atoms with van der Waals surface area (Å²) in [4.78, 5) is 0. The molecule has 0 fully saturated rings. The summed E-state index contributed by atoms with van der Waals surface area (Å²) in [5.41, 5.74) is 1.05. The number of thioether (sulfide) groups is 1. The number of ether oxygens (including phenoxy) is 1. The van der Waals surface area contributed by atoms with Gasteiger partial charge in [-0.1, -0.05) is 44.7 Å². The Hall–Kier alpha value is -1.69. The number of hydrogen-bond donors (Lipinski definition) is 1. The average molecular weight is 292 g/mol. The van der Waals surface area contributed by atoms with Gasteiger partial charge in [0.2, 0.25) is 5.16 Å². The van der Waals surface area contributed by atoms with Gasteiger partial charge in [-0.15, -0.1) is 10.2 Å². The molecule has 2 aromatic rings. The first-order chi connectivity index (χ1) is 9.41. The highest BCUT2D eigenvalue weighted by Gasteiger charge is 2.22. The van der Waals surface area contributed by atoms with E-state index in [9.17, 15) is 0 Å². The molecule has 2 N–H and O–H groups in total. The molecular formula is C14H20N4OS. The van der Waals surface area contributed by atoms with Crippen molar-refractivity contribution in [2.45, 2.75) is 37.1 Å². The monoisotopic (exact) mass is 292 g/mol. The van der Waals surface area contributed by atoms with Crippen molar-refractivity contribution in [3.63, 3.8) is 0 Å². The molecule has 0 spiro atoms. The van der Waals surface area contributed by atoms with Gasteiger partial charge >= 0.3 is 0 Å².